The van der Waals surface area contributed by atoms with Gasteiger partial charge in [-0.15, -0.1) is 21.9 Å². The van der Waals surface area contributed by atoms with Crippen LogP contribution in [-0.4, -0.2) is 14.6 Å². The highest BCUT2D eigenvalue weighted by Gasteiger charge is 2.12. The molecule has 146 valence electrons. The van der Waals surface area contributed by atoms with E-state index in [0.29, 0.717) is 33.8 Å². The maximum atomic E-state index is 10.5. The first-order valence-corrected chi connectivity index (χ1v) is 10.2. The summed E-state index contributed by atoms with van der Waals surface area (Å²) in [6, 6.07) is 11.5. The van der Waals surface area contributed by atoms with Gasteiger partial charge in [0.1, 0.15) is 0 Å². The van der Waals surface area contributed by atoms with E-state index in [1.807, 2.05) is 30.3 Å². The van der Waals surface area contributed by atoms with Crippen molar-refractivity contribution in [3.8, 4) is 6.01 Å². The van der Waals surface area contributed by atoms with E-state index in [0.717, 1.165) is 16.0 Å². The zero-order valence-corrected chi connectivity index (χ0v) is 17.4. The molecule has 6 nitrogen and oxygen atoms in total. The molecule has 0 fully saturated rings. The van der Waals surface area contributed by atoms with Crippen LogP contribution in [0.2, 0.25) is 15.1 Å². The molecule has 0 bridgehead atoms. The van der Waals surface area contributed by atoms with E-state index in [1.54, 1.807) is 28.6 Å². The molecule has 3 rings (SSSR count). The molecule has 3 aromatic rings. The van der Waals surface area contributed by atoms with Gasteiger partial charge in [-0.1, -0.05) is 59.1 Å². The summed E-state index contributed by atoms with van der Waals surface area (Å²) in [6.07, 6.45) is 3.76. The van der Waals surface area contributed by atoms with E-state index >= 15 is 0 Å². The number of aryl methyl sites for hydroxylation is 2. The first kappa shape index (κ1) is 20.8. The number of hydrogen-bond acceptors (Lipinski definition) is 5. The van der Waals surface area contributed by atoms with Crippen molar-refractivity contribution in [2.45, 2.75) is 23.6 Å². The Morgan fingerprint density at radius 1 is 1.11 bits per heavy atom. The summed E-state index contributed by atoms with van der Waals surface area (Å²) in [4.78, 5) is 19.9. The fourth-order valence-electron chi connectivity index (χ4n) is 2.55. The van der Waals surface area contributed by atoms with Gasteiger partial charge in [0.25, 0.3) is 6.01 Å². The highest BCUT2D eigenvalue weighted by Crippen LogP contribution is 2.36. The zero-order valence-electron chi connectivity index (χ0n) is 14.3. The first-order valence-electron chi connectivity index (χ1n) is 8.12. The maximum absolute atomic E-state index is 10.5. The molecule has 0 aliphatic heterocycles. The molecule has 0 N–H and O–H groups in total. The first-order chi connectivity index (χ1) is 13.5. The molecule has 0 radical (unpaired) electrons. The number of hydrogen-bond donors (Lipinski definition) is 0. The van der Waals surface area contributed by atoms with Gasteiger partial charge in [0, 0.05) is 29.6 Å². The molecule has 1 heterocycles. The molecule has 0 unspecified atom stereocenters. The Morgan fingerprint density at radius 3 is 2.68 bits per heavy atom. The highest BCUT2D eigenvalue weighted by molar-refractivity contribution is 7.98. The average Bonchev–Trinajstić information content (AvgIpc) is 3.11. The Hall–Kier alpha value is -1.93. The summed E-state index contributed by atoms with van der Waals surface area (Å²) >= 11 is 20.0. The van der Waals surface area contributed by atoms with E-state index in [2.05, 4.69) is 9.82 Å². The average molecular weight is 459 g/mol. The van der Waals surface area contributed by atoms with E-state index < -0.39 is 5.09 Å². The summed E-state index contributed by atoms with van der Waals surface area (Å²) in [6.45, 7) is 0.494. The molecule has 0 aliphatic rings. The van der Waals surface area contributed by atoms with E-state index in [1.165, 1.54) is 6.20 Å². The van der Waals surface area contributed by atoms with Crippen molar-refractivity contribution in [3.05, 3.63) is 85.1 Å². The van der Waals surface area contributed by atoms with Gasteiger partial charge in [0.15, 0.2) is 0 Å². The maximum Gasteiger partial charge on any atom is 0.302 e. The molecular formula is C18H14Cl3N3O3S. The van der Waals surface area contributed by atoms with Crippen LogP contribution in [0.1, 0.15) is 11.1 Å². The van der Waals surface area contributed by atoms with Crippen LogP contribution in [0.3, 0.4) is 0 Å². The van der Waals surface area contributed by atoms with Crippen molar-refractivity contribution in [1.29, 1.82) is 0 Å². The van der Waals surface area contributed by atoms with Crippen molar-refractivity contribution in [1.82, 2.24) is 9.55 Å². The second-order valence-electron chi connectivity index (χ2n) is 5.70. The molecule has 10 heteroatoms. The van der Waals surface area contributed by atoms with Crippen molar-refractivity contribution in [2.24, 2.45) is 0 Å². The lowest BCUT2D eigenvalue weighted by atomic mass is 10.1. The minimum Gasteiger partial charge on any atom is -0.312 e. The number of benzene rings is 2. The fourth-order valence-corrected chi connectivity index (χ4v) is 4.34. The van der Waals surface area contributed by atoms with Gasteiger partial charge in [0.2, 0.25) is 0 Å². The summed E-state index contributed by atoms with van der Waals surface area (Å²) in [5.74, 6) is 0.632. The van der Waals surface area contributed by atoms with Crippen LogP contribution in [0.15, 0.2) is 53.7 Å². The minimum absolute atomic E-state index is 0.0438. The van der Waals surface area contributed by atoms with Crippen LogP contribution in [0, 0.1) is 10.1 Å². The number of aromatic nitrogens is 2. The van der Waals surface area contributed by atoms with Crippen LogP contribution in [0.5, 0.6) is 6.01 Å². The molecule has 0 spiro atoms. The largest absolute Gasteiger partial charge is 0.312 e. The van der Waals surface area contributed by atoms with Gasteiger partial charge in [-0.3, -0.25) is 0 Å². The summed E-state index contributed by atoms with van der Waals surface area (Å²) in [5.41, 5.74) is 2.00. The van der Waals surface area contributed by atoms with Crippen molar-refractivity contribution in [3.63, 3.8) is 0 Å². The predicted octanol–water partition coefficient (Wildman–Crippen LogP) is 5.95. The Morgan fingerprint density at radius 2 is 1.89 bits per heavy atom. The Labute approximate surface area is 180 Å². The molecule has 28 heavy (non-hydrogen) atoms. The SMILES string of the molecule is O=[N+]([O-])Oc1nccn1CCc1ccccc1SCc1ccc(Cl)c(Cl)c1Cl. The standard InChI is InChI=1S/C18H14Cl3N3O3S/c19-14-6-5-13(16(20)17(14)21)11-28-15-4-2-1-3-12(15)7-9-23-10-8-22-18(23)27-24(25)26/h1-6,8,10H,7,9,11H2. The number of thioether (sulfide) groups is 1. The third kappa shape index (κ3) is 5.11. The lowest BCUT2D eigenvalue weighted by Gasteiger charge is -2.12. The second-order valence-corrected chi connectivity index (χ2v) is 7.88. The monoisotopic (exact) mass is 457 g/mol. The van der Waals surface area contributed by atoms with Gasteiger partial charge < -0.3 is 4.57 Å². The van der Waals surface area contributed by atoms with Gasteiger partial charge in [0.05, 0.1) is 15.1 Å². The Balaban J connectivity index is 1.69. The van der Waals surface area contributed by atoms with Crippen molar-refractivity contribution >= 4 is 46.6 Å². The number of halogens is 3. The number of rotatable bonds is 8. The molecule has 0 saturated carbocycles. The summed E-state index contributed by atoms with van der Waals surface area (Å²) in [5, 5.41) is 10.9. The lowest BCUT2D eigenvalue weighted by Crippen LogP contribution is -2.10. The van der Waals surface area contributed by atoms with Crippen LogP contribution < -0.4 is 4.84 Å². The van der Waals surface area contributed by atoms with Crippen LogP contribution in [0.4, 0.5) is 0 Å². The smallest absolute Gasteiger partial charge is 0.302 e. The topological polar surface area (TPSA) is 70.2 Å². The molecule has 1 aromatic heterocycles. The minimum atomic E-state index is -0.871. The highest BCUT2D eigenvalue weighted by atomic mass is 35.5. The third-order valence-electron chi connectivity index (χ3n) is 3.93. The number of imidazole rings is 1. The van der Waals surface area contributed by atoms with E-state index in [4.69, 9.17) is 34.8 Å². The molecule has 0 atom stereocenters. The molecule has 2 aromatic carbocycles. The normalized spacial score (nSPS) is 10.8. The summed E-state index contributed by atoms with van der Waals surface area (Å²) in [7, 11) is 0. The zero-order chi connectivity index (χ0) is 20.1. The van der Waals surface area contributed by atoms with Gasteiger partial charge in [-0.2, -0.15) is 0 Å². The Kier molecular flexibility index (Phi) is 7.07. The fraction of sp³-hybridized carbons (Fsp3) is 0.167. The molecule has 0 amide bonds. The molecule has 0 aliphatic carbocycles. The third-order valence-corrected chi connectivity index (χ3v) is 6.42. The van der Waals surface area contributed by atoms with Crippen molar-refractivity contribution < 1.29 is 9.92 Å². The van der Waals surface area contributed by atoms with Crippen molar-refractivity contribution in [2.75, 3.05) is 0 Å². The van der Waals surface area contributed by atoms with Gasteiger partial charge in [-0.05, 0) is 29.7 Å². The molecular weight excluding hydrogens is 445 g/mol. The predicted molar refractivity (Wildman–Crippen MR) is 111 cm³/mol. The van der Waals surface area contributed by atoms with Gasteiger partial charge in [-0.25, -0.2) is 9.82 Å². The lowest BCUT2D eigenvalue weighted by molar-refractivity contribution is -0.713. The number of nitrogens with zero attached hydrogens (tertiary/aromatic N) is 3. The van der Waals surface area contributed by atoms with E-state index in [9.17, 15) is 10.1 Å². The van der Waals surface area contributed by atoms with Crippen LogP contribution in [-0.2, 0) is 18.7 Å². The second kappa shape index (κ2) is 9.52. The Bertz CT molecular complexity index is 997. The van der Waals surface area contributed by atoms with Crippen LogP contribution >= 0.6 is 46.6 Å². The van der Waals surface area contributed by atoms with E-state index in [-0.39, 0.29) is 6.01 Å². The summed E-state index contributed by atoms with van der Waals surface area (Å²) < 4.78 is 1.60. The quantitative estimate of drug-likeness (QED) is 0.180. The van der Waals surface area contributed by atoms with Crippen LogP contribution in [0.25, 0.3) is 0 Å². The molecule has 0 saturated heterocycles. The van der Waals surface area contributed by atoms with Gasteiger partial charge >= 0.3 is 5.09 Å².